The summed E-state index contributed by atoms with van der Waals surface area (Å²) in [6, 6.07) is 77.3. The van der Waals surface area contributed by atoms with Gasteiger partial charge in [0.05, 0.1) is 11.4 Å². The Hall–Kier alpha value is -7.92. The van der Waals surface area contributed by atoms with E-state index in [2.05, 4.69) is 200 Å². The minimum atomic E-state index is 0.687. The zero-order chi connectivity index (χ0) is 41.0. The van der Waals surface area contributed by atoms with E-state index in [-0.39, 0.29) is 0 Å². The number of hydrogen-bond donors (Lipinski definition) is 0. The number of aromatic nitrogens is 2. The van der Waals surface area contributed by atoms with Gasteiger partial charge in [0.25, 0.3) is 0 Å². The summed E-state index contributed by atoms with van der Waals surface area (Å²) in [4.78, 5) is 10.3. The van der Waals surface area contributed by atoms with Crippen molar-refractivity contribution in [2.75, 3.05) is 0 Å². The minimum Gasteiger partial charge on any atom is -0.455 e. The van der Waals surface area contributed by atoms with Gasteiger partial charge in [-0.3, -0.25) is 0 Å². The maximum Gasteiger partial charge on any atom is 0.160 e. The lowest BCUT2D eigenvalue weighted by Gasteiger charge is -2.12. The Kier molecular flexibility index (Phi) is 8.68. The van der Waals surface area contributed by atoms with Crippen LogP contribution in [0.5, 0.6) is 0 Å². The molecule has 3 heterocycles. The Labute approximate surface area is 362 Å². The van der Waals surface area contributed by atoms with Crippen LogP contribution >= 0.6 is 11.3 Å². The van der Waals surface area contributed by atoms with E-state index in [9.17, 15) is 0 Å². The van der Waals surface area contributed by atoms with Gasteiger partial charge in [-0.05, 0) is 75.3 Å². The van der Waals surface area contributed by atoms with E-state index in [1.54, 1.807) is 0 Å². The monoisotopic (exact) mass is 808 g/mol. The first-order chi connectivity index (χ1) is 30.7. The lowest BCUT2D eigenvalue weighted by Crippen LogP contribution is -1.96. The van der Waals surface area contributed by atoms with Crippen LogP contribution in [-0.4, -0.2) is 9.97 Å². The van der Waals surface area contributed by atoms with Crippen LogP contribution in [0.3, 0.4) is 0 Å². The van der Waals surface area contributed by atoms with Crippen LogP contribution in [0.15, 0.2) is 223 Å². The molecule has 0 bridgehead atoms. The van der Waals surface area contributed by atoms with E-state index in [0.29, 0.717) is 5.82 Å². The second kappa shape index (κ2) is 15.0. The van der Waals surface area contributed by atoms with Crippen LogP contribution in [0, 0.1) is 0 Å². The van der Waals surface area contributed by atoms with E-state index in [1.165, 1.54) is 36.9 Å². The van der Waals surface area contributed by atoms with Crippen molar-refractivity contribution in [1.29, 1.82) is 0 Å². The number of rotatable bonds is 7. The Balaban J connectivity index is 0.910. The number of para-hydroxylation sites is 1. The summed E-state index contributed by atoms with van der Waals surface area (Å²) in [6.45, 7) is 0. The summed E-state index contributed by atoms with van der Waals surface area (Å²) in [5, 5.41) is 4.79. The Morgan fingerprint density at radius 3 is 1.50 bits per heavy atom. The summed E-state index contributed by atoms with van der Waals surface area (Å²) in [5.74, 6) is 0.687. The van der Waals surface area contributed by atoms with Gasteiger partial charge in [-0.25, -0.2) is 9.97 Å². The largest absolute Gasteiger partial charge is 0.455 e. The van der Waals surface area contributed by atoms with E-state index in [4.69, 9.17) is 14.4 Å². The summed E-state index contributed by atoms with van der Waals surface area (Å²) >= 11 is 1.84. The first kappa shape index (κ1) is 36.0. The average Bonchev–Trinajstić information content (AvgIpc) is 3.93. The van der Waals surface area contributed by atoms with Crippen LogP contribution in [0.4, 0.5) is 0 Å². The molecule has 0 spiro atoms. The smallest absolute Gasteiger partial charge is 0.160 e. The molecule has 290 valence electrons. The van der Waals surface area contributed by atoms with Crippen molar-refractivity contribution in [3.8, 4) is 78.4 Å². The van der Waals surface area contributed by atoms with Crippen molar-refractivity contribution in [2.45, 2.75) is 0 Å². The molecule has 0 atom stereocenters. The molecule has 12 rings (SSSR count). The van der Waals surface area contributed by atoms with Gasteiger partial charge in [0.15, 0.2) is 5.82 Å². The van der Waals surface area contributed by atoms with Crippen molar-refractivity contribution < 1.29 is 4.42 Å². The normalized spacial score (nSPS) is 11.5. The molecule has 4 heteroatoms. The third-order valence-electron chi connectivity index (χ3n) is 12.0. The van der Waals surface area contributed by atoms with E-state index in [0.717, 1.165) is 77.8 Å². The van der Waals surface area contributed by atoms with E-state index < -0.39 is 0 Å². The van der Waals surface area contributed by atoms with Gasteiger partial charge in [0, 0.05) is 53.2 Å². The summed E-state index contributed by atoms with van der Waals surface area (Å²) in [6.07, 6.45) is 0. The molecular formula is C58H36N2OS. The topological polar surface area (TPSA) is 38.9 Å². The first-order valence-corrected chi connectivity index (χ1v) is 21.7. The number of thiophene rings is 1. The van der Waals surface area contributed by atoms with E-state index >= 15 is 0 Å². The Morgan fingerprint density at radius 2 is 0.806 bits per heavy atom. The molecule has 9 aromatic carbocycles. The van der Waals surface area contributed by atoms with Crippen LogP contribution in [0.25, 0.3) is 121 Å². The highest BCUT2D eigenvalue weighted by Crippen LogP contribution is 2.44. The number of hydrogen-bond acceptors (Lipinski definition) is 4. The highest BCUT2D eigenvalue weighted by atomic mass is 32.1. The third-order valence-corrected chi connectivity index (χ3v) is 13.1. The van der Waals surface area contributed by atoms with Gasteiger partial charge in [-0.15, -0.1) is 11.3 Å². The van der Waals surface area contributed by atoms with Crippen molar-refractivity contribution >= 4 is 53.4 Å². The molecule has 62 heavy (non-hydrogen) atoms. The molecule has 0 saturated heterocycles. The summed E-state index contributed by atoms with van der Waals surface area (Å²) < 4.78 is 9.32. The molecule has 0 unspecified atom stereocenters. The average molecular weight is 809 g/mol. The molecule has 0 aliphatic carbocycles. The molecule has 0 aliphatic rings. The maximum absolute atomic E-state index is 6.72. The molecule has 12 aromatic rings. The molecule has 0 aliphatic heterocycles. The van der Waals surface area contributed by atoms with Gasteiger partial charge in [-0.2, -0.15) is 0 Å². The summed E-state index contributed by atoms with van der Waals surface area (Å²) in [7, 11) is 0. The van der Waals surface area contributed by atoms with E-state index in [1.807, 2.05) is 29.5 Å². The lowest BCUT2D eigenvalue weighted by atomic mass is 9.93. The zero-order valence-corrected chi connectivity index (χ0v) is 34.3. The number of nitrogens with zero attached hydrogens (tertiary/aromatic N) is 2. The first-order valence-electron chi connectivity index (χ1n) is 20.9. The fourth-order valence-corrected chi connectivity index (χ4v) is 9.88. The third kappa shape index (κ3) is 6.37. The van der Waals surface area contributed by atoms with Gasteiger partial charge >= 0.3 is 0 Å². The standard InChI is InChI=1S/C58H36N2OS/c1-3-11-37(12-4-1)38-19-21-39(22-20-38)40-23-29-44(30-24-40)58-59-51(42-13-5-2-6-14-42)36-52(60-58)43-27-25-41(26-28-43)46-32-33-47(57-56(46)49-16-7-9-17-53(49)61-57)45-31-34-55-50(35-45)48-15-8-10-18-54(48)62-55/h1-36H. The van der Waals surface area contributed by atoms with Gasteiger partial charge in [-0.1, -0.05) is 182 Å². The van der Waals surface area contributed by atoms with Crippen LogP contribution in [-0.2, 0) is 0 Å². The second-order valence-corrected chi connectivity index (χ2v) is 16.8. The fourth-order valence-electron chi connectivity index (χ4n) is 8.79. The quantitative estimate of drug-likeness (QED) is 0.161. The Morgan fingerprint density at radius 1 is 0.323 bits per heavy atom. The van der Waals surface area contributed by atoms with Crippen molar-refractivity contribution in [2.24, 2.45) is 0 Å². The van der Waals surface area contributed by atoms with Gasteiger partial charge in [0.2, 0.25) is 0 Å². The Bertz CT molecular complexity index is 3590. The van der Waals surface area contributed by atoms with Gasteiger partial charge < -0.3 is 4.42 Å². The molecule has 0 saturated carbocycles. The van der Waals surface area contributed by atoms with Crippen LogP contribution < -0.4 is 0 Å². The lowest BCUT2D eigenvalue weighted by molar-refractivity contribution is 0.670. The minimum absolute atomic E-state index is 0.687. The van der Waals surface area contributed by atoms with Crippen LogP contribution in [0.1, 0.15) is 0 Å². The maximum atomic E-state index is 6.72. The zero-order valence-electron chi connectivity index (χ0n) is 33.5. The number of fused-ring (bicyclic) bond motifs is 6. The van der Waals surface area contributed by atoms with Crippen molar-refractivity contribution in [3.05, 3.63) is 218 Å². The predicted octanol–water partition coefficient (Wildman–Crippen LogP) is 16.4. The highest BCUT2D eigenvalue weighted by molar-refractivity contribution is 7.25. The van der Waals surface area contributed by atoms with Gasteiger partial charge in [0.1, 0.15) is 11.2 Å². The van der Waals surface area contributed by atoms with Crippen molar-refractivity contribution in [3.63, 3.8) is 0 Å². The highest BCUT2D eigenvalue weighted by Gasteiger charge is 2.19. The molecule has 3 aromatic heterocycles. The predicted molar refractivity (Wildman–Crippen MR) is 260 cm³/mol. The molecule has 0 amide bonds. The fraction of sp³-hybridized carbons (Fsp3) is 0. The number of furan rings is 1. The molecular weight excluding hydrogens is 773 g/mol. The SMILES string of the molecule is c1ccc(-c2ccc(-c3ccc(-c4nc(-c5ccccc5)cc(-c5ccc(-c6ccc(-c7ccc8sc9ccccc9c8c7)c7oc8ccccc8c67)cc5)n4)cc3)cc2)cc1. The van der Waals surface area contributed by atoms with Crippen molar-refractivity contribution in [1.82, 2.24) is 9.97 Å². The molecule has 0 N–H and O–H groups in total. The summed E-state index contributed by atoms with van der Waals surface area (Å²) in [5.41, 5.74) is 15.8. The van der Waals surface area contributed by atoms with Crippen LogP contribution in [0.2, 0.25) is 0 Å². The molecule has 3 nitrogen and oxygen atoms in total. The molecule has 0 radical (unpaired) electrons. The number of benzene rings is 9. The molecule has 0 fully saturated rings. The second-order valence-electron chi connectivity index (χ2n) is 15.7.